The molecule has 1 N–H and O–H groups in total. The Bertz CT molecular complexity index is 471. The maximum Gasteiger partial charge on any atom is 0.319 e. The summed E-state index contributed by atoms with van der Waals surface area (Å²) in [5.41, 5.74) is 0. The SMILES string of the molecule is CCCCCN(CC(=O)Nc1cc(C)on1)C(=O)N(C)C. The molecule has 1 aromatic rings. The van der Waals surface area contributed by atoms with Gasteiger partial charge in [0.1, 0.15) is 12.3 Å². The van der Waals surface area contributed by atoms with Crippen molar-refractivity contribution in [2.24, 2.45) is 0 Å². The van der Waals surface area contributed by atoms with Crippen molar-refractivity contribution in [3.8, 4) is 0 Å². The van der Waals surface area contributed by atoms with Crippen LogP contribution in [-0.2, 0) is 4.79 Å². The Morgan fingerprint density at radius 3 is 2.57 bits per heavy atom. The quantitative estimate of drug-likeness (QED) is 0.781. The first-order chi connectivity index (χ1) is 9.93. The lowest BCUT2D eigenvalue weighted by atomic mass is 10.2. The lowest BCUT2D eigenvalue weighted by Crippen LogP contribution is -2.44. The molecule has 1 rings (SSSR count). The van der Waals surface area contributed by atoms with Gasteiger partial charge in [-0.05, 0) is 13.3 Å². The van der Waals surface area contributed by atoms with Crippen LogP contribution in [0.4, 0.5) is 10.6 Å². The largest absolute Gasteiger partial charge is 0.360 e. The van der Waals surface area contributed by atoms with Crippen LogP contribution in [0.3, 0.4) is 0 Å². The second-order valence-electron chi connectivity index (χ2n) is 5.18. The Morgan fingerprint density at radius 1 is 1.33 bits per heavy atom. The van der Waals surface area contributed by atoms with Crippen LogP contribution < -0.4 is 5.32 Å². The Kier molecular flexibility index (Phi) is 6.71. The van der Waals surface area contributed by atoms with E-state index in [0.717, 1.165) is 19.3 Å². The molecule has 3 amide bonds. The highest BCUT2D eigenvalue weighted by Crippen LogP contribution is 2.08. The molecule has 0 atom stereocenters. The van der Waals surface area contributed by atoms with Crippen molar-refractivity contribution in [2.45, 2.75) is 33.1 Å². The van der Waals surface area contributed by atoms with E-state index in [2.05, 4.69) is 17.4 Å². The number of aromatic nitrogens is 1. The molecule has 0 aliphatic rings. The standard InChI is InChI=1S/C14H24N4O3/c1-5-6-7-8-18(14(20)17(3)4)10-13(19)15-12-9-11(2)21-16-12/h9H,5-8,10H2,1-4H3,(H,15,16,19). The zero-order valence-corrected chi connectivity index (χ0v) is 13.2. The summed E-state index contributed by atoms with van der Waals surface area (Å²) in [5.74, 6) is 0.702. The number of nitrogens with zero attached hydrogens (tertiary/aromatic N) is 3. The summed E-state index contributed by atoms with van der Waals surface area (Å²) in [5, 5.41) is 6.32. The number of rotatable bonds is 7. The molecule has 21 heavy (non-hydrogen) atoms. The fraction of sp³-hybridized carbons (Fsp3) is 0.643. The topological polar surface area (TPSA) is 78.7 Å². The minimum absolute atomic E-state index is 0.00658. The number of carbonyl (C=O) groups excluding carboxylic acids is 2. The summed E-state index contributed by atoms with van der Waals surface area (Å²) in [6.07, 6.45) is 2.97. The summed E-state index contributed by atoms with van der Waals surface area (Å²) in [7, 11) is 3.35. The molecular weight excluding hydrogens is 272 g/mol. The first-order valence-electron chi connectivity index (χ1n) is 7.13. The number of carbonyl (C=O) groups is 2. The first-order valence-corrected chi connectivity index (χ1v) is 7.13. The highest BCUT2D eigenvalue weighted by Gasteiger charge is 2.19. The molecule has 0 spiro atoms. The van der Waals surface area contributed by atoms with Crippen LogP contribution in [0, 0.1) is 6.92 Å². The van der Waals surface area contributed by atoms with E-state index in [0.29, 0.717) is 18.1 Å². The molecule has 1 heterocycles. The number of urea groups is 1. The van der Waals surface area contributed by atoms with Gasteiger partial charge in [-0.1, -0.05) is 24.9 Å². The highest BCUT2D eigenvalue weighted by molar-refractivity contribution is 5.93. The molecule has 0 bridgehead atoms. The molecular formula is C14H24N4O3. The number of amides is 3. The Labute approximate surface area is 125 Å². The third kappa shape index (κ3) is 5.85. The molecule has 0 aromatic carbocycles. The maximum atomic E-state index is 12.1. The number of nitrogens with one attached hydrogen (secondary N) is 1. The first kappa shape index (κ1) is 17.0. The molecule has 7 heteroatoms. The van der Waals surface area contributed by atoms with Gasteiger partial charge >= 0.3 is 6.03 Å². The highest BCUT2D eigenvalue weighted by atomic mass is 16.5. The number of anilines is 1. The van der Waals surface area contributed by atoms with E-state index >= 15 is 0 Å². The van der Waals surface area contributed by atoms with Gasteiger partial charge in [-0.2, -0.15) is 0 Å². The van der Waals surface area contributed by atoms with Gasteiger partial charge in [-0.25, -0.2) is 4.79 Å². The van der Waals surface area contributed by atoms with Crippen molar-refractivity contribution in [1.82, 2.24) is 15.0 Å². The third-order valence-corrected chi connectivity index (χ3v) is 2.91. The normalized spacial score (nSPS) is 10.3. The maximum absolute atomic E-state index is 12.1. The summed E-state index contributed by atoms with van der Waals surface area (Å²) < 4.78 is 4.88. The summed E-state index contributed by atoms with van der Waals surface area (Å²) in [6, 6.07) is 1.46. The minimum atomic E-state index is -0.282. The lowest BCUT2D eigenvalue weighted by molar-refractivity contribution is -0.116. The van der Waals surface area contributed by atoms with Gasteiger partial charge in [0.2, 0.25) is 5.91 Å². The molecule has 0 unspecified atom stereocenters. The van der Waals surface area contributed by atoms with Crippen molar-refractivity contribution >= 4 is 17.8 Å². The minimum Gasteiger partial charge on any atom is -0.360 e. The summed E-state index contributed by atoms with van der Waals surface area (Å²) >= 11 is 0. The van der Waals surface area contributed by atoms with Crippen LogP contribution in [0.2, 0.25) is 0 Å². The van der Waals surface area contributed by atoms with E-state index in [1.54, 1.807) is 27.1 Å². The zero-order valence-electron chi connectivity index (χ0n) is 13.2. The van der Waals surface area contributed by atoms with Gasteiger partial charge in [0, 0.05) is 26.7 Å². The van der Waals surface area contributed by atoms with Gasteiger partial charge in [-0.15, -0.1) is 0 Å². The van der Waals surface area contributed by atoms with Crippen LogP contribution in [0.1, 0.15) is 31.9 Å². The third-order valence-electron chi connectivity index (χ3n) is 2.91. The number of hydrogen-bond donors (Lipinski definition) is 1. The van der Waals surface area contributed by atoms with Gasteiger partial charge in [0.25, 0.3) is 0 Å². The van der Waals surface area contributed by atoms with Crippen molar-refractivity contribution in [3.05, 3.63) is 11.8 Å². The second-order valence-corrected chi connectivity index (χ2v) is 5.18. The van der Waals surface area contributed by atoms with Crippen molar-refractivity contribution in [2.75, 3.05) is 32.5 Å². The number of unbranched alkanes of at least 4 members (excludes halogenated alkanes) is 2. The van der Waals surface area contributed by atoms with Crippen LogP contribution in [0.25, 0.3) is 0 Å². The fourth-order valence-corrected chi connectivity index (χ4v) is 1.86. The van der Waals surface area contributed by atoms with Gasteiger partial charge in [0.05, 0.1) is 0 Å². The Hall–Kier alpha value is -2.05. The monoisotopic (exact) mass is 296 g/mol. The van der Waals surface area contributed by atoms with Gasteiger partial charge in [0.15, 0.2) is 5.82 Å². The summed E-state index contributed by atoms with van der Waals surface area (Å²) in [6.45, 7) is 4.41. The van der Waals surface area contributed by atoms with Gasteiger partial charge in [-0.3, -0.25) is 4.79 Å². The molecule has 0 saturated carbocycles. The number of hydrogen-bond acceptors (Lipinski definition) is 4. The van der Waals surface area contributed by atoms with Crippen LogP contribution in [0.5, 0.6) is 0 Å². The fourth-order valence-electron chi connectivity index (χ4n) is 1.86. The van der Waals surface area contributed by atoms with E-state index in [1.807, 2.05) is 0 Å². The van der Waals surface area contributed by atoms with Crippen LogP contribution >= 0.6 is 0 Å². The molecule has 0 radical (unpaired) electrons. The molecule has 118 valence electrons. The molecule has 0 saturated heterocycles. The van der Waals surface area contributed by atoms with Gasteiger partial charge < -0.3 is 19.6 Å². The van der Waals surface area contributed by atoms with E-state index < -0.39 is 0 Å². The molecule has 0 aliphatic heterocycles. The van der Waals surface area contributed by atoms with Crippen LogP contribution in [0.15, 0.2) is 10.6 Å². The molecule has 0 fully saturated rings. The van der Waals surface area contributed by atoms with E-state index in [4.69, 9.17) is 4.52 Å². The van der Waals surface area contributed by atoms with E-state index in [9.17, 15) is 9.59 Å². The average Bonchev–Trinajstić information content (AvgIpc) is 2.82. The Balaban J connectivity index is 2.57. The predicted molar refractivity (Wildman–Crippen MR) is 80.1 cm³/mol. The van der Waals surface area contributed by atoms with Crippen molar-refractivity contribution in [3.63, 3.8) is 0 Å². The van der Waals surface area contributed by atoms with Crippen LogP contribution in [-0.4, -0.2) is 54.1 Å². The van der Waals surface area contributed by atoms with Crippen molar-refractivity contribution < 1.29 is 14.1 Å². The smallest absolute Gasteiger partial charge is 0.319 e. The van der Waals surface area contributed by atoms with E-state index in [-0.39, 0.29) is 18.5 Å². The van der Waals surface area contributed by atoms with E-state index in [1.165, 1.54) is 9.80 Å². The molecule has 1 aromatic heterocycles. The lowest BCUT2D eigenvalue weighted by Gasteiger charge is -2.25. The zero-order chi connectivity index (χ0) is 15.8. The Morgan fingerprint density at radius 2 is 2.05 bits per heavy atom. The predicted octanol–water partition coefficient (Wildman–Crippen LogP) is 2.10. The average molecular weight is 296 g/mol. The molecule has 7 nitrogen and oxygen atoms in total. The van der Waals surface area contributed by atoms with Crippen molar-refractivity contribution in [1.29, 1.82) is 0 Å². The number of aryl methyl sites for hydroxylation is 1. The second kappa shape index (κ2) is 8.28. The molecule has 0 aliphatic carbocycles. The summed E-state index contributed by atoms with van der Waals surface area (Å²) in [4.78, 5) is 27.1.